The Morgan fingerprint density at radius 1 is 1.13 bits per heavy atom. The van der Waals surface area contributed by atoms with E-state index in [1.807, 2.05) is 11.8 Å². The van der Waals surface area contributed by atoms with E-state index in [9.17, 15) is 4.79 Å². The summed E-state index contributed by atoms with van der Waals surface area (Å²) in [4.78, 5) is 11.5. The lowest BCUT2D eigenvalue weighted by atomic mass is 10.00. The zero-order chi connectivity index (χ0) is 16.1. The maximum atomic E-state index is 10.2. The van der Waals surface area contributed by atoms with Crippen molar-refractivity contribution < 1.29 is 9.53 Å². The number of carbonyl (C=O) groups excluding carboxylic acids is 1. The van der Waals surface area contributed by atoms with E-state index in [4.69, 9.17) is 10.5 Å². The summed E-state index contributed by atoms with van der Waals surface area (Å²) in [5.74, 6) is 0.958. The van der Waals surface area contributed by atoms with Crippen molar-refractivity contribution in [2.45, 2.75) is 17.9 Å². The van der Waals surface area contributed by atoms with Crippen molar-refractivity contribution >= 4 is 24.3 Å². The van der Waals surface area contributed by atoms with E-state index in [2.05, 4.69) is 48.5 Å². The maximum Gasteiger partial charge on any atom is 0.293 e. The van der Waals surface area contributed by atoms with Crippen LogP contribution in [0.3, 0.4) is 0 Å². The molecule has 0 fully saturated rings. The summed E-state index contributed by atoms with van der Waals surface area (Å²) in [5, 5.41) is 0. The van der Waals surface area contributed by atoms with Crippen LogP contribution in [-0.4, -0.2) is 18.8 Å². The van der Waals surface area contributed by atoms with Gasteiger partial charge in [-0.2, -0.15) is 0 Å². The Kier molecular flexibility index (Phi) is 5.16. The van der Waals surface area contributed by atoms with Gasteiger partial charge in [0.15, 0.2) is 0 Å². The molecule has 23 heavy (non-hydrogen) atoms. The molecular formula is C19H19NO2S. The summed E-state index contributed by atoms with van der Waals surface area (Å²) >= 11 is 1.84. The molecule has 0 saturated carbocycles. The quantitative estimate of drug-likeness (QED) is 0.647. The van der Waals surface area contributed by atoms with Gasteiger partial charge in [-0.15, -0.1) is 11.8 Å². The molecule has 4 heteroatoms. The van der Waals surface area contributed by atoms with Gasteiger partial charge in [-0.1, -0.05) is 42.0 Å². The van der Waals surface area contributed by atoms with Crippen molar-refractivity contribution in [2.24, 2.45) is 5.73 Å². The van der Waals surface area contributed by atoms with Crippen LogP contribution in [0.1, 0.15) is 17.5 Å². The normalized spacial score (nSPS) is 13.2. The van der Waals surface area contributed by atoms with Crippen molar-refractivity contribution in [2.75, 3.05) is 12.4 Å². The molecule has 0 saturated heterocycles. The number of nitrogens with two attached hydrogens (primary N) is 1. The van der Waals surface area contributed by atoms with Crippen LogP contribution >= 0.6 is 11.8 Å². The zero-order valence-electron chi connectivity index (χ0n) is 12.8. The van der Waals surface area contributed by atoms with E-state index in [1.54, 1.807) is 0 Å². The summed E-state index contributed by atoms with van der Waals surface area (Å²) in [5.41, 5.74) is 11.7. The number of thioether (sulfide) groups is 1. The van der Waals surface area contributed by atoms with Gasteiger partial charge >= 0.3 is 0 Å². The molecule has 2 aromatic rings. The van der Waals surface area contributed by atoms with Crippen LogP contribution in [0.4, 0.5) is 0 Å². The highest BCUT2D eigenvalue weighted by atomic mass is 32.2. The fourth-order valence-electron chi connectivity index (χ4n) is 2.62. The van der Waals surface area contributed by atoms with Gasteiger partial charge in [0.25, 0.3) is 6.47 Å². The van der Waals surface area contributed by atoms with Crippen LogP contribution in [0.15, 0.2) is 52.9 Å². The van der Waals surface area contributed by atoms with Gasteiger partial charge < -0.3 is 10.5 Å². The monoisotopic (exact) mass is 325 g/mol. The molecule has 0 spiro atoms. The number of hydrogen-bond donors (Lipinski definition) is 1. The predicted molar refractivity (Wildman–Crippen MR) is 95.1 cm³/mol. The molecule has 0 bridgehead atoms. The van der Waals surface area contributed by atoms with Crippen molar-refractivity contribution in [1.29, 1.82) is 0 Å². The van der Waals surface area contributed by atoms with Crippen LogP contribution in [0.5, 0.6) is 0 Å². The van der Waals surface area contributed by atoms with Gasteiger partial charge in [0.1, 0.15) is 0 Å². The van der Waals surface area contributed by atoms with Crippen molar-refractivity contribution in [3.05, 3.63) is 59.2 Å². The Labute approximate surface area is 140 Å². The van der Waals surface area contributed by atoms with Crippen LogP contribution in [-0.2, 0) is 16.1 Å². The molecule has 1 aliphatic heterocycles. The highest BCUT2D eigenvalue weighted by Crippen LogP contribution is 2.35. The molecule has 2 N–H and O–H groups in total. The molecule has 2 aromatic carbocycles. The highest BCUT2D eigenvalue weighted by molar-refractivity contribution is 7.99. The summed E-state index contributed by atoms with van der Waals surface area (Å²) in [6.45, 7) is 1.52. The van der Waals surface area contributed by atoms with E-state index in [-0.39, 0.29) is 0 Å². The molecule has 1 heterocycles. The first-order valence-corrected chi connectivity index (χ1v) is 8.59. The minimum absolute atomic E-state index is 0.450. The van der Waals surface area contributed by atoms with Crippen LogP contribution in [0.2, 0.25) is 0 Å². The first-order valence-electron chi connectivity index (χ1n) is 7.61. The lowest BCUT2D eigenvalue weighted by molar-refractivity contribution is -0.128. The number of carbonyl (C=O) groups is 1. The van der Waals surface area contributed by atoms with E-state index >= 15 is 0 Å². The fourth-order valence-corrected chi connectivity index (χ4v) is 3.64. The standard InChI is InChI=1S/C19H19NO2S/c20-11-14-1-3-16(4-2-14)17-5-6-19-18(10-17)9-15(12-23-19)7-8-22-13-21/h1-6,9-10,13H,7-8,11-12,20H2. The van der Waals surface area contributed by atoms with Crippen LogP contribution in [0.25, 0.3) is 17.2 Å². The van der Waals surface area contributed by atoms with Gasteiger partial charge in [0.2, 0.25) is 0 Å². The second kappa shape index (κ2) is 7.49. The number of fused-ring (bicyclic) bond motifs is 1. The molecule has 3 nitrogen and oxygen atoms in total. The van der Waals surface area contributed by atoms with Crippen molar-refractivity contribution in [1.82, 2.24) is 0 Å². The molecule has 0 aromatic heterocycles. The third-order valence-corrected chi connectivity index (χ3v) is 5.11. The fraction of sp³-hybridized carbons (Fsp3) is 0.211. The topological polar surface area (TPSA) is 52.3 Å². The molecule has 0 aliphatic carbocycles. The SMILES string of the molecule is NCc1ccc(-c2ccc3c(c2)C=C(CCOC=O)CS3)cc1. The van der Waals surface area contributed by atoms with E-state index in [0.717, 1.165) is 17.7 Å². The predicted octanol–water partition coefficient (Wildman–Crippen LogP) is 3.86. The van der Waals surface area contributed by atoms with Crippen molar-refractivity contribution in [3.8, 4) is 11.1 Å². The second-order valence-corrected chi connectivity index (χ2v) is 6.48. The van der Waals surface area contributed by atoms with Gasteiger partial charge in [-0.25, -0.2) is 0 Å². The molecule has 0 radical (unpaired) electrons. The van der Waals surface area contributed by atoms with Crippen molar-refractivity contribution in [3.63, 3.8) is 0 Å². The Morgan fingerprint density at radius 2 is 1.91 bits per heavy atom. The first-order chi connectivity index (χ1) is 11.3. The lowest BCUT2D eigenvalue weighted by Gasteiger charge is -2.17. The third kappa shape index (κ3) is 3.84. The summed E-state index contributed by atoms with van der Waals surface area (Å²) < 4.78 is 4.80. The van der Waals surface area contributed by atoms with E-state index in [1.165, 1.54) is 27.2 Å². The third-order valence-electron chi connectivity index (χ3n) is 3.91. The molecular weight excluding hydrogens is 306 g/mol. The zero-order valence-corrected chi connectivity index (χ0v) is 13.6. The number of benzene rings is 2. The minimum atomic E-state index is 0.450. The average Bonchev–Trinajstić information content (AvgIpc) is 2.61. The molecule has 3 rings (SSSR count). The Balaban J connectivity index is 1.83. The molecule has 0 atom stereocenters. The Bertz CT molecular complexity index is 723. The van der Waals surface area contributed by atoms with Crippen LogP contribution < -0.4 is 5.73 Å². The van der Waals surface area contributed by atoms with E-state index in [0.29, 0.717) is 19.6 Å². The number of rotatable bonds is 6. The second-order valence-electron chi connectivity index (χ2n) is 5.46. The molecule has 118 valence electrons. The largest absolute Gasteiger partial charge is 0.468 e. The van der Waals surface area contributed by atoms with Crippen LogP contribution in [0, 0.1) is 0 Å². The van der Waals surface area contributed by atoms with Gasteiger partial charge in [0.05, 0.1) is 6.61 Å². The number of ether oxygens (including phenoxy) is 1. The number of hydrogen-bond acceptors (Lipinski definition) is 4. The minimum Gasteiger partial charge on any atom is -0.468 e. The van der Waals surface area contributed by atoms with Gasteiger partial charge in [0, 0.05) is 23.6 Å². The highest BCUT2D eigenvalue weighted by Gasteiger charge is 2.12. The molecule has 0 unspecified atom stereocenters. The van der Waals surface area contributed by atoms with Gasteiger partial charge in [-0.05, 0) is 34.4 Å². The first kappa shape index (κ1) is 15.8. The van der Waals surface area contributed by atoms with Gasteiger partial charge in [-0.3, -0.25) is 4.79 Å². The smallest absolute Gasteiger partial charge is 0.293 e. The average molecular weight is 325 g/mol. The lowest BCUT2D eigenvalue weighted by Crippen LogP contribution is -2.00. The molecule has 1 aliphatic rings. The summed E-state index contributed by atoms with van der Waals surface area (Å²) in [6.07, 6.45) is 3.01. The molecule has 0 amide bonds. The maximum absolute atomic E-state index is 10.2. The summed E-state index contributed by atoms with van der Waals surface area (Å²) in [6, 6.07) is 14.9. The van der Waals surface area contributed by atoms with E-state index < -0.39 is 0 Å². The summed E-state index contributed by atoms with van der Waals surface area (Å²) in [7, 11) is 0. The Morgan fingerprint density at radius 3 is 2.65 bits per heavy atom. The Hall–Kier alpha value is -2.04.